The Hall–Kier alpha value is -2.77. The predicted molar refractivity (Wildman–Crippen MR) is 78.1 cm³/mol. The van der Waals surface area contributed by atoms with Gasteiger partial charge in [-0.25, -0.2) is 9.07 Å². The van der Waals surface area contributed by atoms with Crippen molar-refractivity contribution in [2.24, 2.45) is 0 Å². The Kier molecular flexibility index (Phi) is 3.49. The van der Waals surface area contributed by atoms with Crippen LogP contribution in [0.2, 0.25) is 0 Å². The number of benzene rings is 1. The van der Waals surface area contributed by atoms with Crippen molar-refractivity contribution in [2.75, 3.05) is 0 Å². The number of rotatable bonds is 6. The standard InChI is InChI=1S/C15H15FN6O/c16-12-3-1-11(2-4-12)8-21-9-14(7-17-21)23-10-15-18-19-20-22(15)13-5-6-13/h1-4,7,9,13H,5-6,8,10H2. The van der Waals surface area contributed by atoms with Gasteiger partial charge in [0.1, 0.15) is 12.4 Å². The molecule has 0 atom stereocenters. The van der Waals surface area contributed by atoms with E-state index in [0.29, 0.717) is 24.9 Å². The van der Waals surface area contributed by atoms with Crippen LogP contribution in [0.5, 0.6) is 5.75 Å². The van der Waals surface area contributed by atoms with Crippen molar-refractivity contribution in [3.63, 3.8) is 0 Å². The maximum Gasteiger partial charge on any atom is 0.189 e. The monoisotopic (exact) mass is 314 g/mol. The minimum Gasteiger partial charge on any atom is -0.482 e. The molecule has 2 aromatic heterocycles. The minimum atomic E-state index is -0.244. The number of nitrogens with zero attached hydrogens (tertiary/aromatic N) is 6. The lowest BCUT2D eigenvalue weighted by molar-refractivity contribution is 0.286. The first-order valence-electron chi connectivity index (χ1n) is 7.44. The highest BCUT2D eigenvalue weighted by Gasteiger charge is 2.27. The highest BCUT2D eigenvalue weighted by molar-refractivity contribution is 5.18. The molecule has 23 heavy (non-hydrogen) atoms. The van der Waals surface area contributed by atoms with Crippen molar-refractivity contribution < 1.29 is 9.13 Å². The molecule has 1 aliphatic carbocycles. The fourth-order valence-corrected chi connectivity index (χ4v) is 2.34. The molecule has 8 heteroatoms. The number of hydrogen-bond acceptors (Lipinski definition) is 5. The Morgan fingerprint density at radius 1 is 1.22 bits per heavy atom. The van der Waals surface area contributed by atoms with Crippen LogP contribution in [-0.4, -0.2) is 30.0 Å². The zero-order chi connectivity index (χ0) is 15.6. The third-order valence-corrected chi connectivity index (χ3v) is 3.69. The molecule has 1 aliphatic rings. The molecular weight excluding hydrogens is 299 g/mol. The maximum absolute atomic E-state index is 12.9. The molecule has 118 valence electrons. The molecule has 0 bridgehead atoms. The van der Waals surface area contributed by atoms with Gasteiger partial charge in [-0.1, -0.05) is 12.1 Å². The normalized spacial score (nSPS) is 14.1. The Labute approximate surface area is 131 Å². The Balaban J connectivity index is 1.38. The first-order chi connectivity index (χ1) is 11.3. The lowest BCUT2D eigenvalue weighted by atomic mass is 10.2. The molecule has 1 aromatic carbocycles. The lowest BCUT2D eigenvalue weighted by Gasteiger charge is -2.04. The molecule has 0 saturated heterocycles. The van der Waals surface area contributed by atoms with Crippen LogP contribution >= 0.6 is 0 Å². The van der Waals surface area contributed by atoms with Gasteiger partial charge >= 0.3 is 0 Å². The van der Waals surface area contributed by atoms with E-state index in [-0.39, 0.29) is 5.82 Å². The summed E-state index contributed by atoms with van der Waals surface area (Å²) in [7, 11) is 0. The van der Waals surface area contributed by atoms with E-state index in [4.69, 9.17) is 4.74 Å². The van der Waals surface area contributed by atoms with Gasteiger partial charge in [0, 0.05) is 0 Å². The van der Waals surface area contributed by atoms with E-state index in [9.17, 15) is 4.39 Å². The van der Waals surface area contributed by atoms with Crippen LogP contribution in [0, 0.1) is 5.82 Å². The summed E-state index contributed by atoms with van der Waals surface area (Å²) in [6.45, 7) is 0.870. The molecule has 1 saturated carbocycles. The second-order valence-corrected chi connectivity index (χ2v) is 5.56. The summed E-state index contributed by atoms with van der Waals surface area (Å²) < 4.78 is 22.2. The molecule has 7 nitrogen and oxygen atoms in total. The quantitative estimate of drug-likeness (QED) is 0.695. The molecule has 0 unspecified atom stereocenters. The smallest absolute Gasteiger partial charge is 0.189 e. The van der Waals surface area contributed by atoms with Gasteiger partial charge in [0.2, 0.25) is 0 Å². The molecule has 0 radical (unpaired) electrons. The highest BCUT2D eigenvalue weighted by atomic mass is 19.1. The summed E-state index contributed by atoms with van der Waals surface area (Å²) in [4.78, 5) is 0. The van der Waals surface area contributed by atoms with Gasteiger partial charge in [-0.2, -0.15) is 5.10 Å². The van der Waals surface area contributed by atoms with Gasteiger partial charge in [-0.05, 0) is 41.0 Å². The van der Waals surface area contributed by atoms with Crippen LogP contribution in [0.4, 0.5) is 4.39 Å². The summed E-state index contributed by atoms with van der Waals surface area (Å²) >= 11 is 0. The average Bonchev–Trinajstić information content (AvgIpc) is 3.12. The van der Waals surface area contributed by atoms with Crippen molar-refractivity contribution in [3.8, 4) is 5.75 Å². The first kappa shape index (κ1) is 13.9. The van der Waals surface area contributed by atoms with Crippen molar-refractivity contribution >= 4 is 0 Å². The van der Waals surface area contributed by atoms with Crippen molar-refractivity contribution in [1.82, 2.24) is 30.0 Å². The molecule has 3 aromatic rings. The van der Waals surface area contributed by atoms with E-state index >= 15 is 0 Å². The topological polar surface area (TPSA) is 70.7 Å². The number of tetrazole rings is 1. The second kappa shape index (κ2) is 5.79. The Morgan fingerprint density at radius 2 is 2.04 bits per heavy atom. The number of hydrogen-bond donors (Lipinski definition) is 0. The van der Waals surface area contributed by atoms with Crippen molar-refractivity contribution in [1.29, 1.82) is 0 Å². The molecule has 1 fully saturated rings. The Bertz CT molecular complexity index is 792. The fourth-order valence-electron chi connectivity index (χ4n) is 2.34. The zero-order valence-corrected chi connectivity index (χ0v) is 12.3. The van der Waals surface area contributed by atoms with Crippen LogP contribution in [0.25, 0.3) is 0 Å². The summed E-state index contributed by atoms with van der Waals surface area (Å²) in [5, 5.41) is 15.9. The number of halogens is 1. The molecule has 0 spiro atoms. The van der Waals surface area contributed by atoms with Crippen LogP contribution in [0.1, 0.15) is 30.3 Å². The van der Waals surface area contributed by atoms with Gasteiger partial charge in [0.15, 0.2) is 11.6 Å². The maximum atomic E-state index is 12.9. The van der Waals surface area contributed by atoms with E-state index < -0.39 is 0 Å². The molecule has 0 amide bonds. The van der Waals surface area contributed by atoms with Gasteiger partial charge < -0.3 is 4.74 Å². The fraction of sp³-hybridized carbons (Fsp3) is 0.333. The Morgan fingerprint density at radius 3 is 2.83 bits per heavy atom. The van der Waals surface area contributed by atoms with E-state index in [1.807, 2.05) is 4.68 Å². The lowest BCUT2D eigenvalue weighted by Crippen LogP contribution is -2.07. The van der Waals surface area contributed by atoms with Crippen molar-refractivity contribution in [2.45, 2.75) is 32.0 Å². The zero-order valence-electron chi connectivity index (χ0n) is 12.3. The summed E-state index contributed by atoms with van der Waals surface area (Å²) in [5.41, 5.74) is 0.971. The SMILES string of the molecule is Fc1ccc(Cn2cc(OCc3nnnn3C3CC3)cn2)cc1. The molecule has 0 aliphatic heterocycles. The summed E-state index contributed by atoms with van der Waals surface area (Å²) in [5.74, 6) is 1.13. The van der Waals surface area contributed by atoms with Gasteiger partial charge in [-0.3, -0.25) is 4.68 Å². The van der Waals surface area contributed by atoms with Crippen LogP contribution in [0.15, 0.2) is 36.7 Å². The van der Waals surface area contributed by atoms with E-state index in [1.165, 1.54) is 12.1 Å². The minimum absolute atomic E-state index is 0.244. The van der Waals surface area contributed by atoms with Crippen LogP contribution in [-0.2, 0) is 13.2 Å². The number of aromatic nitrogens is 6. The summed E-state index contributed by atoms with van der Waals surface area (Å²) in [6.07, 6.45) is 5.69. The van der Waals surface area contributed by atoms with Gasteiger partial charge in [0.05, 0.1) is 25.0 Å². The van der Waals surface area contributed by atoms with Gasteiger partial charge in [0.25, 0.3) is 0 Å². The average molecular weight is 314 g/mol. The van der Waals surface area contributed by atoms with Gasteiger partial charge in [-0.15, -0.1) is 5.10 Å². The van der Waals surface area contributed by atoms with Crippen LogP contribution < -0.4 is 4.74 Å². The molecule has 4 rings (SSSR count). The van der Waals surface area contributed by atoms with Crippen molar-refractivity contribution in [3.05, 3.63) is 53.9 Å². The first-order valence-corrected chi connectivity index (χ1v) is 7.44. The van der Waals surface area contributed by atoms with Crippen LogP contribution in [0.3, 0.4) is 0 Å². The third kappa shape index (κ3) is 3.20. The second-order valence-electron chi connectivity index (χ2n) is 5.56. The van der Waals surface area contributed by atoms with E-state index in [0.717, 1.165) is 24.2 Å². The summed E-state index contributed by atoms with van der Waals surface area (Å²) in [6, 6.07) is 6.77. The molecular formula is C15H15FN6O. The third-order valence-electron chi connectivity index (χ3n) is 3.69. The predicted octanol–water partition coefficient (Wildman–Crippen LogP) is 1.97. The highest BCUT2D eigenvalue weighted by Crippen LogP contribution is 2.34. The number of ether oxygens (including phenoxy) is 1. The largest absolute Gasteiger partial charge is 0.482 e. The van der Waals surface area contributed by atoms with E-state index in [1.54, 1.807) is 29.2 Å². The molecule has 2 heterocycles. The molecule has 0 N–H and O–H groups in total. The van der Waals surface area contributed by atoms with E-state index in [2.05, 4.69) is 20.6 Å².